The Morgan fingerprint density at radius 1 is 1.37 bits per heavy atom. The number of halogens is 2. The first-order valence-electron chi connectivity index (χ1n) is 6.01. The minimum atomic E-state index is -0.0543. The third-order valence-corrected chi connectivity index (χ3v) is 4.62. The van der Waals surface area contributed by atoms with Crippen molar-refractivity contribution in [3.8, 4) is 0 Å². The van der Waals surface area contributed by atoms with Crippen molar-refractivity contribution < 1.29 is 0 Å². The van der Waals surface area contributed by atoms with Crippen LogP contribution in [0.2, 0.25) is 0 Å². The second-order valence-electron chi connectivity index (χ2n) is 4.63. The van der Waals surface area contributed by atoms with E-state index in [1.165, 1.54) is 0 Å². The Kier molecular flexibility index (Phi) is 4.78. The fraction of sp³-hybridized carbons (Fsp3) is 0.286. The van der Waals surface area contributed by atoms with E-state index < -0.39 is 0 Å². The number of aromatic nitrogens is 2. The zero-order valence-corrected chi connectivity index (χ0v) is 14.4. The van der Waals surface area contributed by atoms with Gasteiger partial charge in [-0.3, -0.25) is 4.79 Å². The number of aromatic amines is 1. The molecule has 0 bridgehead atoms. The van der Waals surface area contributed by atoms with Gasteiger partial charge in [-0.1, -0.05) is 48.0 Å². The number of rotatable bonds is 3. The first-order chi connectivity index (χ1) is 8.99. The molecule has 0 aliphatic rings. The lowest BCUT2D eigenvalue weighted by molar-refractivity contribution is 0.774. The maximum Gasteiger partial charge on any atom is 0.264 e. The maximum absolute atomic E-state index is 11.9. The Bertz CT molecular complexity index is 652. The van der Waals surface area contributed by atoms with Gasteiger partial charge in [0.1, 0.15) is 5.82 Å². The van der Waals surface area contributed by atoms with Gasteiger partial charge in [0.2, 0.25) is 0 Å². The Morgan fingerprint density at radius 3 is 2.68 bits per heavy atom. The van der Waals surface area contributed by atoms with Crippen molar-refractivity contribution >= 4 is 38.5 Å². The predicted molar refractivity (Wildman–Crippen MR) is 88.6 cm³/mol. The molecule has 19 heavy (non-hydrogen) atoms. The molecule has 0 unspecified atom stereocenters. The highest BCUT2D eigenvalue weighted by Gasteiger charge is 2.12. The van der Waals surface area contributed by atoms with Crippen molar-refractivity contribution in [2.75, 3.05) is 0 Å². The quantitative estimate of drug-likeness (QED) is 0.748. The lowest BCUT2D eigenvalue weighted by Crippen LogP contribution is -2.19. The lowest BCUT2D eigenvalue weighted by atomic mass is 10.1. The third-order valence-electron chi connectivity index (χ3n) is 2.80. The summed E-state index contributed by atoms with van der Waals surface area (Å²) < 4.78 is 1.71. The lowest BCUT2D eigenvalue weighted by Gasteiger charge is -2.10. The van der Waals surface area contributed by atoms with Crippen LogP contribution in [0.25, 0.3) is 0 Å². The number of hydrogen-bond donors (Lipinski definition) is 1. The van der Waals surface area contributed by atoms with E-state index in [1.807, 2.05) is 38.1 Å². The van der Waals surface area contributed by atoms with E-state index in [-0.39, 0.29) is 11.5 Å². The number of benzene rings is 1. The number of hydrogen-bond acceptors (Lipinski definition) is 2. The molecule has 5 heteroatoms. The highest BCUT2D eigenvalue weighted by molar-refractivity contribution is 14.1. The van der Waals surface area contributed by atoms with Crippen LogP contribution in [0.1, 0.15) is 36.8 Å². The van der Waals surface area contributed by atoms with Crippen LogP contribution in [0.4, 0.5) is 0 Å². The van der Waals surface area contributed by atoms with E-state index in [9.17, 15) is 4.79 Å². The van der Waals surface area contributed by atoms with Crippen LogP contribution >= 0.6 is 38.5 Å². The fourth-order valence-corrected chi connectivity index (χ4v) is 3.12. The Balaban J connectivity index is 2.42. The van der Waals surface area contributed by atoms with Crippen LogP contribution in [0.3, 0.4) is 0 Å². The molecule has 0 saturated carbocycles. The molecule has 0 aliphatic carbocycles. The molecular weight excluding hydrogens is 419 g/mol. The second kappa shape index (κ2) is 6.17. The summed E-state index contributed by atoms with van der Waals surface area (Å²) in [4.78, 5) is 19.4. The van der Waals surface area contributed by atoms with E-state index in [4.69, 9.17) is 0 Å². The van der Waals surface area contributed by atoms with E-state index in [2.05, 4.69) is 48.5 Å². The largest absolute Gasteiger partial charge is 0.309 e. The summed E-state index contributed by atoms with van der Waals surface area (Å²) in [5.41, 5.74) is 1.93. The minimum absolute atomic E-state index is 0.0543. The molecule has 0 aliphatic heterocycles. The van der Waals surface area contributed by atoms with Crippen molar-refractivity contribution in [1.29, 1.82) is 0 Å². The van der Waals surface area contributed by atoms with Crippen molar-refractivity contribution in [3.63, 3.8) is 0 Å². The van der Waals surface area contributed by atoms with Crippen LogP contribution in [-0.2, 0) is 6.42 Å². The Hall–Kier alpha value is -0.690. The van der Waals surface area contributed by atoms with Crippen LogP contribution in [0.15, 0.2) is 33.5 Å². The zero-order chi connectivity index (χ0) is 14.0. The molecule has 2 aromatic rings. The molecule has 100 valence electrons. The molecular formula is C14H14BrIN2O. The van der Waals surface area contributed by atoms with E-state index in [0.717, 1.165) is 15.7 Å². The van der Waals surface area contributed by atoms with Gasteiger partial charge in [0, 0.05) is 10.9 Å². The van der Waals surface area contributed by atoms with E-state index in [1.54, 1.807) is 0 Å². The van der Waals surface area contributed by atoms with Crippen molar-refractivity contribution in [2.24, 2.45) is 0 Å². The standard InChI is InChI=1S/C14H14BrIN2O/c1-8(2)13-12(16)14(19)18-11(17-13)7-9-5-3-4-6-10(9)15/h3-6,8H,7H2,1-2H3,(H,17,18,19). The molecule has 1 aromatic carbocycles. The van der Waals surface area contributed by atoms with Gasteiger partial charge in [-0.2, -0.15) is 0 Å². The first-order valence-corrected chi connectivity index (χ1v) is 7.88. The molecule has 3 nitrogen and oxygen atoms in total. The normalized spacial score (nSPS) is 11.0. The van der Waals surface area contributed by atoms with Gasteiger partial charge in [-0.25, -0.2) is 4.98 Å². The molecule has 0 atom stereocenters. The van der Waals surface area contributed by atoms with Crippen LogP contribution < -0.4 is 5.56 Å². The Labute approximate surface area is 134 Å². The average Bonchev–Trinajstić information content (AvgIpc) is 2.36. The van der Waals surface area contributed by atoms with Gasteiger partial charge in [0.25, 0.3) is 5.56 Å². The van der Waals surface area contributed by atoms with Crippen molar-refractivity contribution in [2.45, 2.75) is 26.2 Å². The molecule has 1 heterocycles. The molecule has 2 rings (SSSR count). The first kappa shape index (κ1) is 14.7. The number of nitrogens with zero attached hydrogens (tertiary/aromatic N) is 1. The fourth-order valence-electron chi connectivity index (χ4n) is 1.81. The predicted octanol–water partition coefficient (Wildman–Crippen LogP) is 3.85. The SMILES string of the molecule is CC(C)c1nc(Cc2ccccc2Br)[nH]c(=O)c1I. The van der Waals surface area contributed by atoms with Gasteiger partial charge in [0.15, 0.2) is 0 Å². The molecule has 1 N–H and O–H groups in total. The smallest absolute Gasteiger partial charge is 0.264 e. The van der Waals surface area contributed by atoms with Crippen LogP contribution in [-0.4, -0.2) is 9.97 Å². The van der Waals surface area contributed by atoms with Gasteiger partial charge in [-0.05, 0) is 40.1 Å². The second-order valence-corrected chi connectivity index (χ2v) is 6.57. The highest BCUT2D eigenvalue weighted by Crippen LogP contribution is 2.20. The summed E-state index contributed by atoms with van der Waals surface area (Å²) in [6, 6.07) is 7.96. The summed E-state index contributed by atoms with van der Waals surface area (Å²) in [5, 5.41) is 0. The molecule has 0 fully saturated rings. The molecule has 0 spiro atoms. The monoisotopic (exact) mass is 432 g/mol. The van der Waals surface area contributed by atoms with Crippen molar-refractivity contribution in [3.05, 3.63) is 59.7 Å². The summed E-state index contributed by atoms with van der Waals surface area (Å²) >= 11 is 5.57. The van der Waals surface area contributed by atoms with Crippen LogP contribution in [0, 0.1) is 3.57 Å². The van der Waals surface area contributed by atoms with Crippen molar-refractivity contribution in [1.82, 2.24) is 9.97 Å². The summed E-state index contributed by atoms with van der Waals surface area (Å²) in [5.74, 6) is 0.952. The average molecular weight is 433 g/mol. The van der Waals surface area contributed by atoms with Gasteiger partial charge in [-0.15, -0.1) is 0 Å². The molecule has 1 aromatic heterocycles. The van der Waals surface area contributed by atoms with E-state index >= 15 is 0 Å². The molecule has 0 radical (unpaired) electrons. The van der Waals surface area contributed by atoms with Gasteiger partial charge >= 0.3 is 0 Å². The van der Waals surface area contributed by atoms with Crippen LogP contribution in [0.5, 0.6) is 0 Å². The van der Waals surface area contributed by atoms with E-state index in [0.29, 0.717) is 15.8 Å². The maximum atomic E-state index is 11.9. The number of nitrogens with one attached hydrogen (secondary N) is 1. The summed E-state index contributed by atoms with van der Waals surface area (Å²) in [6.07, 6.45) is 0.618. The minimum Gasteiger partial charge on any atom is -0.309 e. The summed E-state index contributed by atoms with van der Waals surface area (Å²) in [6.45, 7) is 4.10. The number of H-pyrrole nitrogens is 1. The molecule has 0 amide bonds. The van der Waals surface area contributed by atoms with Gasteiger partial charge in [0.05, 0.1) is 9.26 Å². The zero-order valence-electron chi connectivity index (χ0n) is 10.7. The Morgan fingerprint density at radius 2 is 2.05 bits per heavy atom. The topological polar surface area (TPSA) is 45.8 Å². The molecule has 0 saturated heterocycles. The third kappa shape index (κ3) is 3.45. The highest BCUT2D eigenvalue weighted by atomic mass is 127. The van der Waals surface area contributed by atoms with Gasteiger partial charge < -0.3 is 4.98 Å². The summed E-state index contributed by atoms with van der Waals surface area (Å²) in [7, 11) is 0.